The van der Waals surface area contributed by atoms with Gasteiger partial charge in [-0.05, 0) is 48.0 Å². The first-order chi connectivity index (χ1) is 15.0. The zero-order valence-electron chi connectivity index (χ0n) is 15.8. The van der Waals surface area contributed by atoms with Gasteiger partial charge in [0.15, 0.2) is 0 Å². The highest BCUT2D eigenvalue weighted by Gasteiger charge is 2.24. The lowest BCUT2D eigenvalue weighted by atomic mass is 10.0. The van der Waals surface area contributed by atoms with Crippen molar-refractivity contribution in [2.45, 2.75) is 0 Å². The third-order valence-electron chi connectivity index (χ3n) is 4.81. The number of carbonyl (C=O) groups excluding carboxylic acids is 1. The molecule has 3 N–H and O–H groups in total. The first kappa shape index (κ1) is 18.9. The van der Waals surface area contributed by atoms with Crippen LogP contribution in [-0.2, 0) is 4.79 Å². The molecule has 1 amide bonds. The Balaban J connectivity index is 1.42. The third-order valence-corrected chi connectivity index (χ3v) is 5.04. The Kier molecular flexibility index (Phi) is 4.45. The maximum atomic E-state index is 12.3. The molecule has 0 aliphatic carbocycles. The molecule has 2 heterocycles. The monoisotopic (exact) mass is 431 g/mol. The van der Waals surface area contributed by atoms with E-state index >= 15 is 0 Å². The number of nitrogens with one attached hydrogen (secondary N) is 1. The molecule has 0 unspecified atom stereocenters. The first-order valence-electron chi connectivity index (χ1n) is 9.26. The maximum absolute atomic E-state index is 12.3. The summed E-state index contributed by atoms with van der Waals surface area (Å²) in [5, 5.41) is 30.6. The highest BCUT2D eigenvalue weighted by Crippen LogP contribution is 2.35. The van der Waals surface area contributed by atoms with E-state index < -0.39 is 0 Å². The molecule has 0 saturated carbocycles. The van der Waals surface area contributed by atoms with Crippen molar-refractivity contribution >= 4 is 34.8 Å². The van der Waals surface area contributed by atoms with Crippen molar-refractivity contribution in [3.8, 4) is 34.4 Å². The first-order valence-corrected chi connectivity index (χ1v) is 9.64. The highest BCUT2D eigenvalue weighted by atomic mass is 35.5. The van der Waals surface area contributed by atoms with Crippen LogP contribution in [0.3, 0.4) is 0 Å². The number of halogens is 1. The van der Waals surface area contributed by atoms with Crippen LogP contribution in [0.2, 0.25) is 5.02 Å². The Hall–Kier alpha value is -4.10. The van der Waals surface area contributed by atoms with Gasteiger partial charge in [0.2, 0.25) is 11.8 Å². The molecular formula is C23H14ClN3O4. The fourth-order valence-electron chi connectivity index (χ4n) is 3.37. The molecule has 31 heavy (non-hydrogen) atoms. The maximum Gasteiger partial charge on any atom is 0.256 e. The van der Waals surface area contributed by atoms with E-state index in [1.165, 1.54) is 18.2 Å². The fourth-order valence-corrected chi connectivity index (χ4v) is 3.55. The largest absolute Gasteiger partial charge is 0.508 e. The summed E-state index contributed by atoms with van der Waals surface area (Å²) in [7, 11) is 0. The van der Waals surface area contributed by atoms with E-state index in [0.717, 1.165) is 11.1 Å². The van der Waals surface area contributed by atoms with E-state index in [1.54, 1.807) is 30.3 Å². The molecule has 8 heteroatoms. The molecule has 0 atom stereocenters. The summed E-state index contributed by atoms with van der Waals surface area (Å²) in [5.41, 5.74) is 3.97. The number of anilines is 1. The highest BCUT2D eigenvalue weighted by molar-refractivity contribution is 6.36. The van der Waals surface area contributed by atoms with Crippen LogP contribution in [0.25, 0.3) is 34.6 Å². The molecule has 1 aromatic heterocycles. The van der Waals surface area contributed by atoms with Gasteiger partial charge in [0.05, 0.1) is 5.69 Å². The quantitative estimate of drug-likeness (QED) is 0.395. The second-order valence-corrected chi connectivity index (χ2v) is 7.41. The summed E-state index contributed by atoms with van der Waals surface area (Å²) in [6, 6.07) is 16.6. The van der Waals surface area contributed by atoms with E-state index in [9.17, 15) is 15.0 Å². The van der Waals surface area contributed by atoms with Crippen LogP contribution in [-0.4, -0.2) is 26.3 Å². The molecule has 152 valence electrons. The number of aromatic nitrogens is 2. The minimum absolute atomic E-state index is 0.105. The van der Waals surface area contributed by atoms with Crippen LogP contribution in [0.1, 0.15) is 11.1 Å². The van der Waals surface area contributed by atoms with Gasteiger partial charge in [0.25, 0.3) is 5.91 Å². The lowest BCUT2D eigenvalue weighted by molar-refractivity contribution is -0.110. The number of rotatable bonds is 3. The van der Waals surface area contributed by atoms with Gasteiger partial charge in [0, 0.05) is 33.4 Å². The molecule has 1 aliphatic heterocycles. The number of nitrogens with zero attached hydrogens (tertiary/aromatic N) is 2. The summed E-state index contributed by atoms with van der Waals surface area (Å²) < 4.78 is 5.68. The van der Waals surface area contributed by atoms with Crippen LogP contribution in [0.4, 0.5) is 5.69 Å². The smallest absolute Gasteiger partial charge is 0.256 e. The molecule has 5 rings (SSSR count). The van der Waals surface area contributed by atoms with E-state index in [0.29, 0.717) is 27.4 Å². The molecule has 0 saturated heterocycles. The molecule has 1 aliphatic rings. The van der Waals surface area contributed by atoms with Crippen molar-refractivity contribution in [1.82, 2.24) is 10.2 Å². The van der Waals surface area contributed by atoms with Crippen LogP contribution in [0.5, 0.6) is 11.5 Å². The minimum atomic E-state index is -0.183. The SMILES string of the molecule is O=C1Nc2cc(Cl)ccc2/C1=C/c1ccc(-c2nnc(-c3cc(O)cc(O)c3)o2)cc1. The lowest BCUT2D eigenvalue weighted by Crippen LogP contribution is -2.03. The Morgan fingerprint density at radius 1 is 0.871 bits per heavy atom. The zero-order valence-corrected chi connectivity index (χ0v) is 16.6. The Morgan fingerprint density at radius 2 is 1.55 bits per heavy atom. The van der Waals surface area contributed by atoms with Crippen LogP contribution < -0.4 is 5.32 Å². The van der Waals surface area contributed by atoms with Gasteiger partial charge in [-0.25, -0.2) is 0 Å². The summed E-state index contributed by atoms with van der Waals surface area (Å²) in [6.07, 6.45) is 1.80. The predicted molar refractivity (Wildman–Crippen MR) is 116 cm³/mol. The average Bonchev–Trinajstić information content (AvgIpc) is 3.33. The minimum Gasteiger partial charge on any atom is -0.508 e. The van der Waals surface area contributed by atoms with Crippen molar-refractivity contribution in [3.05, 3.63) is 76.8 Å². The second kappa shape index (κ2) is 7.30. The van der Waals surface area contributed by atoms with Crippen LogP contribution in [0.15, 0.2) is 65.1 Å². The zero-order chi connectivity index (χ0) is 21.5. The van der Waals surface area contributed by atoms with Gasteiger partial charge in [-0.1, -0.05) is 29.8 Å². The number of hydrogen-bond acceptors (Lipinski definition) is 6. The van der Waals surface area contributed by atoms with E-state index in [1.807, 2.05) is 18.2 Å². The standard InChI is InChI=1S/C23H14ClN3O4/c24-15-5-6-18-19(21(30)25-20(18)10-15)7-12-1-3-13(4-2-12)22-26-27-23(31-22)14-8-16(28)11-17(29)9-14/h1-11,28-29H,(H,25,30)/b19-7-. The number of phenols is 2. The molecule has 7 nitrogen and oxygen atoms in total. The topological polar surface area (TPSA) is 108 Å². The van der Waals surface area contributed by atoms with Crippen molar-refractivity contribution in [2.75, 3.05) is 5.32 Å². The number of aromatic hydroxyl groups is 2. The normalized spacial score (nSPS) is 14.0. The molecular weight excluding hydrogens is 418 g/mol. The summed E-state index contributed by atoms with van der Waals surface area (Å²) in [4.78, 5) is 12.3. The molecule has 0 spiro atoms. The summed E-state index contributed by atoms with van der Waals surface area (Å²) in [6.45, 7) is 0. The lowest BCUT2D eigenvalue weighted by Gasteiger charge is -2.01. The van der Waals surface area contributed by atoms with Gasteiger partial charge in [-0.2, -0.15) is 0 Å². The van der Waals surface area contributed by atoms with Gasteiger partial charge < -0.3 is 19.9 Å². The van der Waals surface area contributed by atoms with Crippen LogP contribution in [0, 0.1) is 0 Å². The second-order valence-electron chi connectivity index (χ2n) is 6.97. The average molecular weight is 432 g/mol. The Morgan fingerprint density at radius 3 is 2.26 bits per heavy atom. The van der Waals surface area contributed by atoms with Gasteiger partial charge in [-0.15, -0.1) is 10.2 Å². The molecule has 3 aromatic carbocycles. The fraction of sp³-hybridized carbons (Fsp3) is 0. The van der Waals surface area contributed by atoms with Crippen LogP contribution >= 0.6 is 11.6 Å². The number of amides is 1. The summed E-state index contributed by atoms with van der Waals surface area (Å²) >= 11 is 6.00. The van der Waals surface area contributed by atoms with Crippen molar-refractivity contribution in [1.29, 1.82) is 0 Å². The van der Waals surface area contributed by atoms with E-state index in [-0.39, 0.29) is 29.2 Å². The number of phenolic OH excluding ortho intramolecular Hbond substituents is 2. The number of benzene rings is 3. The number of hydrogen-bond donors (Lipinski definition) is 3. The van der Waals surface area contributed by atoms with E-state index in [4.69, 9.17) is 16.0 Å². The predicted octanol–water partition coefficient (Wildman–Crippen LogP) is 4.96. The molecule has 4 aromatic rings. The van der Waals surface area contributed by atoms with Gasteiger partial charge in [-0.3, -0.25) is 4.79 Å². The number of fused-ring (bicyclic) bond motifs is 1. The van der Waals surface area contributed by atoms with Gasteiger partial charge >= 0.3 is 0 Å². The third kappa shape index (κ3) is 3.62. The van der Waals surface area contributed by atoms with E-state index in [2.05, 4.69) is 15.5 Å². The molecule has 0 radical (unpaired) electrons. The Bertz CT molecular complexity index is 1340. The Labute approximate surface area is 181 Å². The van der Waals surface area contributed by atoms with Crippen molar-refractivity contribution < 1.29 is 19.4 Å². The molecule has 0 fully saturated rings. The molecule has 0 bridgehead atoms. The summed E-state index contributed by atoms with van der Waals surface area (Å²) in [5.74, 6) is 0.0667. The van der Waals surface area contributed by atoms with Crippen molar-refractivity contribution in [3.63, 3.8) is 0 Å². The number of carbonyl (C=O) groups is 1. The van der Waals surface area contributed by atoms with Gasteiger partial charge in [0.1, 0.15) is 11.5 Å². The van der Waals surface area contributed by atoms with Crippen molar-refractivity contribution in [2.24, 2.45) is 0 Å².